The first-order valence-corrected chi connectivity index (χ1v) is 10.2. The first kappa shape index (κ1) is 25.7. The van der Waals surface area contributed by atoms with Gasteiger partial charge in [0.1, 0.15) is 35.5 Å². The van der Waals surface area contributed by atoms with Crippen LogP contribution in [-0.4, -0.2) is 39.6 Å². The third-order valence-corrected chi connectivity index (χ3v) is 5.36. The predicted molar refractivity (Wildman–Crippen MR) is 111 cm³/mol. The number of ether oxygens (including phenoxy) is 2. The van der Waals surface area contributed by atoms with Crippen molar-refractivity contribution in [2.24, 2.45) is 0 Å². The van der Waals surface area contributed by atoms with Crippen LogP contribution in [0.25, 0.3) is 10.9 Å². The molecule has 2 aromatic carbocycles. The number of hydrogen-bond acceptors (Lipinski definition) is 6. The summed E-state index contributed by atoms with van der Waals surface area (Å²) in [5.74, 6) is -5.13. The Morgan fingerprint density at radius 2 is 1.76 bits per heavy atom. The molecule has 0 fully saturated rings. The van der Waals surface area contributed by atoms with Gasteiger partial charge in [0.05, 0.1) is 17.6 Å². The highest BCUT2D eigenvalue weighted by atomic mass is 19.4. The number of carbonyl (C=O) groups excluding carboxylic acids is 1. The molecule has 1 aliphatic heterocycles. The van der Waals surface area contributed by atoms with E-state index in [1.807, 2.05) is 5.32 Å². The second-order valence-electron chi connectivity index (χ2n) is 7.81. The van der Waals surface area contributed by atoms with Crippen molar-refractivity contribution in [1.82, 2.24) is 9.88 Å². The zero-order valence-corrected chi connectivity index (χ0v) is 18.1. The number of benzene rings is 2. The number of aliphatic carboxylic acids is 1. The topological polar surface area (TPSA) is 127 Å². The van der Waals surface area contributed by atoms with Gasteiger partial charge in [-0.3, -0.25) is 19.0 Å². The van der Waals surface area contributed by atoms with Crippen molar-refractivity contribution in [3.8, 4) is 17.2 Å². The predicted octanol–water partition coefficient (Wildman–Crippen LogP) is 3.57. The molecule has 0 saturated heterocycles. The minimum absolute atomic E-state index is 0.116. The van der Waals surface area contributed by atoms with Gasteiger partial charge in [0.2, 0.25) is 0 Å². The molecule has 0 radical (unpaired) electrons. The third kappa shape index (κ3) is 5.10. The van der Waals surface area contributed by atoms with E-state index in [9.17, 15) is 45.8 Å². The van der Waals surface area contributed by atoms with E-state index in [0.717, 1.165) is 34.9 Å². The lowest BCUT2D eigenvalue weighted by Gasteiger charge is -2.29. The Labute approximate surface area is 201 Å². The average molecular weight is 532 g/mol. The molecule has 1 amide bonds. The number of carboxylic acid groups (broad SMARTS) is 1. The van der Waals surface area contributed by atoms with E-state index in [1.165, 1.54) is 0 Å². The lowest BCUT2D eigenvalue weighted by molar-refractivity contribution is -0.274. The normalized spacial score (nSPS) is 15.2. The summed E-state index contributed by atoms with van der Waals surface area (Å²) in [5.41, 5.74) is -3.17. The molecule has 4 rings (SSSR count). The van der Waals surface area contributed by atoms with Crippen molar-refractivity contribution in [2.45, 2.75) is 25.2 Å². The average Bonchev–Trinajstić information content (AvgIpc) is 2.79. The maximum absolute atomic E-state index is 13.2. The summed E-state index contributed by atoms with van der Waals surface area (Å²) < 4.78 is 88.0. The fraction of sp³-hybridized carbons (Fsp3) is 0.227. The maximum Gasteiger partial charge on any atom is 0.573 e. The fourth-order valence-electron chi connectivity index (χ4n) is 3.84. The van der Waals surface area contributed by atoms with Crippen LogP contribution < -0.4 is 20.3 Å². The van der Waals surface area contributed by atoms with Gasteiger partial charge in [-0.25, -0.2) is 0 Å². The molecule has 15 heteroatoms. The molecule has 1 atom stereocenters. The highest BCUT2D eigenvalue weighted by molar-refractivity contribution is 6.04. The summed E-state index contributed by atoms with van der Waals surface area (Å²) >= 11 is 0. The molecule has 196 valence electrons. The van der Waals surface area contributed by atoms with Crippen LogP contribution in [0.2, 0.25) is 0 Å². The molecule has 9 nitrogen and oxygen atoms in total. The molecule has 0 aliphatic carbocycles. The Morgan fingerprint density at radius 3 is 2.32 bits per heavy atom. The zero-order valence-electron chi connectivity index (χ0n) is 18.1. The van der Waals surface area contributed by atoms with Gasteiger partial charge in [0, 0.05) is 11.5 Å². The lowest BCUT2D eigenvalue weighted by atomic mass is 10.0. The van der Waals surface area contributed by atoms with E-state index in [4.69, 9.17) is 9.84 Å². The van der Waals surface area contributed by atoms with E-state index in [2.05, 4.69) is 4.74 Å². The minimum atomic E-state index is -5.17. The van der Waals surface area contributed by atoms with Crippen LogP contribution in [0, 0.1) is 0 Å². The summed E-state index contributed by atoms with van der Waals surface area (Å²) in [6, 6.07) is 5.07. The Kier molecular flexibility index (Phi) is 6.17. The van der Waals surface area contributed by atoms with Crippen LogP contribution >= 0.6 is 0 Å². The smallest absolute Gasteiger partial charge is 0.506 e. The minimum Gasteiger partial charge on any atom is -0.506 e. The van der Waals surface area contributed by atoms with E-state index < -0.39 is 82.9 Å². The summed E-state index contributed by atoms with van der Waals surface area (Å²) in [5, 5.41) is 20.8. The number of halogens is 6. The van der Waals surface area contributed by atoms with Gasteiger partial charge < -0.3 is 25.0 Å². The van der Waals surface area contributed by atoms with Gasteiger partial charge in [-0.1, -0.05) is 12.1 Å². The molecule has 1 unspecified atom stereocenters. The lowest BCUT2D eigenvalue weighted by Crippen LogP contribution is -2.38. The van der Waals surface area contributed by atoms with E-state index in [-0.39, 0.29) is 11.1 Å². The molecule has 1 aliphatic rings. The van der Waals surface area contributed by atoms with Gasteiger partial charge in [0.15, 0.2) is 0 Å². The highest BCUT2D eigenvalue weighted by Crippen LogP contribution is 2.43. The van der Waals surface area contributed by atoms with Crippen molar-refractivity contribution < 1.29 is 55.6 Å². The number of amides is 1. The fourth-order valence-corrected chi connectivity index (χ4v) is 3.84. The molecule has 0 saturated carbocycles. The molecule has 2 heterocycles. The molecular formula is C22H14F6N2O7. The standard InChI is InChI=1S/C22H14F6N2O7/c23-21(24,25)10-3-1-9(2-4-10)14-8-30-17-12(5-11(6-13(17)36-14)37-22(26,27)28)18(33)16(20(30)35)19(34)29-7-15(31)32/h1-6,14,33H,7-8H2,(H,29,34)(H,31,32). The molecule has 37 heavy (non-hydrogen) atoms. The van der Waals surface area contributed by atoms with E-state index in [1.54, 1.807) is 0 Å². The van der Waals surface area contributed by atoms with Crippen molar-refractivity contribution >= 4 is 22.8 Å². The van der Waals surface area contributed by atoms with Gasteiger partial charge in [0.25, 0.3) is 11.5 Å². The number of alkyl halides is 6. The molecule has 1 aromatic heterocycles. The Hall–Kier alpha value is -4.43. The number of nitrogens with zero attached hydrogens (tertiary/aromatic N) is 1. The van der Waals surface area contributed by atoms with Crippen molar-refractivity contribution in [1.29, 1.82) is 0 Å². The van der Waals surface area contributed by atoms with Crippen LogP contribution in [0.3, 0.4) is 0 Å². The Bertz CT molecular complexity index is 1460. The molecule has 3 N–H and O–H groups in total. The molecule has 0 bridgehead atoms. The number of pyridine rings is 1. The van der Waals surface area contributed by atoms with Gasteiger partial charge in [-0.2, -0.15) is 13.2 Å². The first-order chi connectivity index (χ1) is 17.2. The van der Waals surface area contributed by atoms with E-state index in [0.29, 0.717) is 6.07 Å². The number of aromatic nitrogens is 1. The number of rotatable bonds is 5. The largest absolute Gasteiger partial charge is 0.573 e. The summed E-state index contributed by atoms with van der Waals surface area (Å²) in [6.07, 6.45) is -11.0. The Morgan fingerprint density at radius 1 is 1.11 bits per heavy atom. The second-order valence-corrected chi connectivity index (χ2v) is 7.81. The van der Waals surface area contributed by atoms with Gasteiger partial charge >= 0.3 is 18.5 Å². The molecular weight excluding hydrogens is 518 g/mol. The van der Waals surface area contributed by atoms with E-state index >= 15 is 0 Å². The van der Waals surface area contributed by atoms with Crippen molar-refractivity contribution in [2.75, 3.05) is 6.54 Å². The Balaban J connectivity index is 1.88. The van der Waals surface area contributed by atoms with Crippen molar-refractivity contribution in [3.05, 3.63) is 63.4 Å². The quantitative estimate of drug-likeness (QED) is 0.429. The number of nitrogens with one attached hydrogen (secondary N) is 1. The van der Waals surface area contributed by atoms with Gasteiger partial charge in [-0.05, 0) is 23.8 Å². The SMILES string of the molecule is O=C(O)CNC(=O)c1c(O)c2cc(OC(F)(F)F)cc3c2n(c1=O)CC(c1ccc(C(F)(F)F)cc1)O3. The number of aromatic hydroxyl groups is 1. The summed E-state index contributed by atoms with van der Waals surface area (Å²) in [6.45, 7) is -1.35. The third-order valence-electron chi connectivity index (χ3n) is 5.36. The summed E-state index contributed by atoms with van der Waals surface area (Å²) in [4.78, 5) is 36.5. The number of carbonyl (C=O) groups is 2. The second kappa shape index (κ2) is 8.90. The first-order valence-electron chi connectivity index (χ1n) is 10.2. The van der Waals surface area contributed by atoms with Crippen LogP contribution in [0.5, 0.6) is 17.2 Å². The zero-order chi connectivity index (χ0) is 27.3. The van der Waals surface area contributed by atoms with Crippen LogP contribution in [0.1, 0.15) is 27.6 Å². The monoisotopic (exact) mass is 532 g/mol. The van der Waals surface area contributed by atoms with Crippen LogP contribution in [-0.2, 0) is 17.5 Å². The number of carboxylic acids is 1. The van der Waals surface area contributed by atoms with Crippen molar-refractivity contribution in [3.63, 3.8) is 0 Å². The van der Waals surface area contributed by atoms with Gasteiger partial charge in [-0.15, -0.1) is 13.2 Å². The summed E-state index contributed by atoms with van der Waals surface area (Å²) in [7, 11) is 0. The maximum atomic E-state index is 13.2. The van der Waals surface area contributed by atoms with Crippen LogP contribution in [0.4, 0.5) is 26.3 Å². The highest BCUT2D eigenvalue weighted by Gasteiger charge is 2.35. The number of hydrogen-bond donors (Lipinski definition) is 3. The molecule has 0 spiro atoms. The molecule has 3 aromatic rings. The van der Waals surface area contributed by atoms with Crippen LogP contribution in [0.15, 0.2) is 41.2 Å².